The highest BCUT2D eigenvalue weighted by Crippen LogP contribution is 2.14. The van der Waals surface area contributed by atoms with Crippen molar-refractivity contribution in [3.8, 4) is 5.75 Å². The Labute approximate surface area is 94.4 Å². The molecule has 1 saturated heterocycles. The third-order valence-corrected chi connectivity index (χ3v) is 2.79. The Morgan fingerprint density at radius 1 is 1.44 bits per heavy atom. The van der Waals surface area contributed by atoms with Crippen LogP contribution in [-0.2, 0) is 11.2 Å². The number of nitrogens with zero attached hydrogens (tertiary/aromatic N) is 1. The molecular formula is C12H15NO3. The van der Waals surface area contributed by atoms with E-state index in [1.807, 2.05) is 19.1 Å². The van der Waals surface area contributed by atoms with Gasteiger partial charge >= 0.3 is 6.09 Å². The van der Waals surface area contributed by atoms with E-state index >= 15 is 0 Å². The minimum Gasteiger partial charge on any atom is -0.508 e. The lowest BCUT2D eigenvalue weighted by Crippen LogP contribution is -2.33. The molecular weight excluding hydrogens is 206 g/mol. The van der Waals surface area contributed by atoms with E-state index in [2.05, 4.69) is 0 Å². The van der Waals surface area contributed by atoms with Gasteiger partial charge in [0.2, 0.25) is 0 Å². The zero-order valence-corrected chi connectivity index (χ0v) is 9.22. The van der Waals surface area contributed by atoms with Crippen molar-refractivity contribution in [3.05, 3.63) is 29.8 Å². The van der Waals surface area contributed by atoms with Gasteiger partial charge in [0.05, 0.1) is 6.04 Å². The summed E-state index contributed by atoms with van der Waals surface area (Å²) < 4.78 is 4.93. The Balaban J connectivity index is 1.92. The van der Waals surface area contributed by atoms with E-state index in [0.29, 0.717) is 13.2 Å². The number of aromatic hydroxyl groups is 1. The van der Waals surface area contributed by atoms with Gasteiger partial charge in [-0.1, -0.05) is 12.1 Å². The van der Waals surface area contributed by atoms with Crippen LogP contribution < -0.4 is 0 Å². The maximum atomic E-state index is 11.3. The third kappa shape index (κ3) is 2.27. The van der Waals surface area contributed by atoms with Gasteiger partial charge in [-0.3, -0.25) is 0 Å². The number of amides is 1. The first-order valence-corrected chi connectivity index (χ1v) is 5.38. The molecule has 4 heteroatoms. The van der Waals surface area contributed by atoms with Gasteiger partial charge in [-0.25, -0.2) is 4.79 Å². The predicted octanol–water partition coefficient (Wildman–Crippen LogP) is 1.78. The number of hydrogen-bond donors (Lipinski definition) is 1. The lowest BCUT2D eigenvalue weighted by Gasteiger charge is -2.17. The van der Waals surface area contributed by atoms with Gasteiger partial charge in [-0.05, 0) is 31.0 Å². The normalized spacial score (nSPS) is 19.9. The molecule has 16 heavy (non-hydrogen) atoms. The monoisotopic (exact) mass is 221 g/mol. The smallest absolute Gasteiger partial charge is 0.410 e. The number of carbonyl (C=O) groups excluding carboxylic acids is 1. The average molecular weight is 221 g/mol. The molecule has 1 aliphatic rings. The van der Waals surface area contributed by atoms with E-state index in [9.17, 15) is 4.79 Å². The Morgan fingerprint density at radius 2 is 2.12 bits per heavy atom. The molecule has 1 aliphatic heterocycles. The minimum absolute atomic E-state index is 0.157. The molecule has 2 rings (SSSR count). The zero-order chi connectivity index (χ0) is 11.5. The van der Waals surface area contributed by atoms with E-state index in [4.69, 9.17) is 9.84 Å². The van der Waals surface area contributed by atoms with Crippen molar-refractivity contribution in [2.45, 2.75) is 19.4 Å². The average Bonchev–Trinajstić information content (AvgIpc) is 2.59. The minimum atomic E-state index is -0.230. The van der Waals surface area contributed by atoms with Crippen molar-refractivity contribution < 1.29 is 14.6 Å². The van der Waals surface area contributed by atoms with Gasteiger partial charge in [-0.15, -0.1) is 0 Å². The second-order valence-corrected chi connectivity index (χ2v) is 4.04. The molecule has 86 valence electrons. The van der Waals surface area contributed by atoms with Crippen LogP contribution in [-0.4, -0.2) is 35.3 Å². The Morgan fingerprint density at radius 3 is 2.69 bits per heavy atom. The second kappa shape index (κ2) is 4.43. The number of hydrogen-bond acceptors (Lipinski definition) is 3. The fourth-order valence-electron chi connectivity index (χ4n) is 1.77. The van der Waals surface area contributed by atoms with Gasteiger partial charge in [-0.2, -0.15) is 0 Å². The van der Waals surface area contributed by atoms with Crippen LogP contribution in [0, 0.1) is 0 Å². The van der Waals surface area contributed by atoms with Crippen LogP contribution in [0.2, 0.25) is 0 Å². The summed E-state index contributed by atoms with van der Waals surface area (Å²) >= 11 is 0. The molecule has 1 heterocycles. The molecule has 0 aromatic heterocycles. The van der Waals surface area contributed by atoms with Crippen molar-refractivity contribution in [2.24, 2.45) is 0 Å². The summed E-state index contributed by atoms with van der Waals surface area (Å²) in [5.74, 6) is 0.262. The molecule has 0 aliphatic carbocycles. The quantitative estimate of drug-likeness (QED) is 0.846. The van der Waals surface area contributed by atoms with Crippen LogP contribution in [0.1, 0.15) is 12.5 Å². The van der Waals surface area contributed by atoms with Crippen LogP contribution in [0.3, 0.4) is 0 Å². The molecule has 4 nitrogen and oxygen atoms in total. The Bertz CT molecular complexity index is 374. The van der Waals surface area contributed by atoms with Crippen molar-refractivity contribution in [2.75, 3.05) is 13.2 Å². The standard InChI is InChI=1S/C12H15NO3/c1-9-8-16-12(15)13(9)7-6-10-2-4-11(14)5-3-10/h2-5,9,14H,6-8H2,1H3. The number of cyclic esters (lactones) is 1. The molecule has 1 aromatic rings. The van der Waals surface area contributed by atoms with E-state index in [1.165, 1.54) is 0 Å². The topological polar surface area (TPSA) is 49.8 Å². The second-order valence-electron chi connectivity index (χ2n) is 4.04. The van der Waals surface area contributed by atoms with Crippen molar-refractivity contribution in [3.63, 3.8) is 0 Å². The number of carbonyl (C=O) groups is 1. The van der Waals surface area contributed by atoms with Crippen LogP contribution in [0.15, 0.2) is 24.3 Å². The van der Waals surface area contributed by atoms with Crippen LogP contribution in [0.25, 0.3) is 0 Å². The van der Waals surface area contributed by atoms with Crippen molar-refractivity contribution >= 4 is 6.09 Å². The molecule has 0 bridgehead atoms. The van der Waals surface area contributed by atoms with E-state index in [-0.39, 0.29) is 17.9 Å². The molecule has 1 aromatic carbocycles. The van der Waals surface area contributed by atoms with E-state index in [1.54, 1.807) is 17.0 Å². The first-order valence-electron chi connectivity index (χ1n) is 5.38. The first kappa shape index (κ1) is 10.8. The van der Waals surface area contributed by atoms with Gasteiger partial charge in [0.1, 0.15) is 12.4 Å². The zero-order valence-electron chi connectivity index (χ0n) is 9.22. The Hall–Kier alpha value is -1.71. The first-order chi connectivity index (χ1) is 7.66. The molecule has 0 saturated carbocycles. The Kier molecular flexibility index (Phi) is 2.99. The lowest BCUT2D eigenvalue weighted by atomic mass is 10.1. The SMILES string of the molecule is CC1COC(=O)N1CCc1ccc(O)cc1. The van der Waals surface area contributed by atoms with Gasteiger partial charge in [0.25, 0.3) is 0 Å². The van der Waals surface area contributed by atoms with Crippen LogP contribution in [0.5, 0.6) is 5.75 Å². The van der Waals surface area contributed by atoms with Gasteiger partial charge in [0.15, 0.2) is 0 Å². The van der Waals surface area contributed by atoms with Crippen LogP contribution in [0.4, 0.5) is 4.79 Å². The van der Waals surface area contributed by atoms with E-state index in [0.717, 1.165) is 12.0 Å². The fourth-order valence-corrected chi connectivity index (χ4v) is 1.77. The number of benzene rings is 1. The highest BCUT2D eigenvalue weighted by atomic mass is 16.6. The molecule has 0 radical (unpaired) electrons. The molecule has 1 fully saturated rings. The van der Waals surface area contributed by atoms with Crippen molar-refractivity contribution in [1.29, 1.82) is 0 Å². The highest BCUT2D eigenvalue weighted by molar-refractivity contribution is 5.69. The number of rotatable bonds is 3. The maximum absolute atomic E-state index is 11.3. The summed E-state index contributed by atoms with van der Waals surface area (Å²) in [5.41, 5.74) is 1.10. The summed E-state index contributed by atoms with van der Waals surface area (Å²) in [6.45, 7) is 3.11. The molecule has 1 unspecified atom stereocenters. The fraction of sp³-hybridized carbons (Fsp3) is 0.417. The van der Waals surface area contributed by atoms with E-state index < -0.39 is 0 Å². The number of phenolic OH excluding ortho intramolecular Hbond substituents is 1. The van der Waals surface area contributed by atoms with Gasteiger partial charge < -0.3 is 14.7 Å². The number of ether oxygens (including phenoxy) is 1. The number of phenols is 1. The predicted molar refractivity (Wildman–Crippen MR) is 59.3 cm³/mol. The summed E-state index contributed by atoms with van der Waals surface area (Å²) in [6, 6.07) is 7.19. The largest absolute Gasteiger partial charge is 0.508 e. The summed E-state index contributed by atoms with van der Waals surface area (Å²) in [7, 11) is 0. The maximum Gasteiger partial charge on any atom is 0.410 e. The summed E-state index contributed by atoms with van der Waals surface area (Å²) in [6.07, 6.45) is 0.547. The molecule has 1 N–H and O–H groups in total. The summed E-state index contributed by atoms with van der Waals surface area (Å²) in [4.78, 5) is 13.1. The lowest BCUT2D eigenvalue weighted by molar-refractivity contribution is 0.158. The highest BCUT2D eigenvalue weighted by Gasteiger charge is 2.28. The molecule has 1 amide bonds. The summed E-state index contributed by atoms with van der Waals surface area (Å²) in [5, 5.41) is 9.14. The third-order valence-electron chi connectivity index (χ3n) is 2.79. The molecule has 0 spiro atoms. The van der Waals surface area contributed by atoms with Crippen LogP contribution >= 0.6 is 0 Å². The molecule has 1 atom stereocenters. The van der Waals surface area contributed by atoms with Gasteiger partial charge in [0, 0.05) is 6.54 Å². The van der Waals surface area contributed by atoms with Crippen molar-refractivity contribution in [1.82, 2.24) is 4.90 Å².